The van der Waals surface area contributed by atoms with Crippen LogP contribution < -0.4 is 5.32 Å². The zero-order chi connectivity index (χ0) is 13.3. The Bertz CT molecular complexity index is 560. The van der Waals surface area contributed by atoms with E-state index in [1.807, 2.05) is 13.1 Å². The van der Waals surface area contributed by atoms with Gasteiger partial charge in [0.25, 0.3) is 0 Å². The summed E-state index contributed by atoms with van der Waals surface area (Å²) in [6.45, 7) is 6.11. The lowest BCUT2D eigenvalue weighted by Crippen LogP contribution is -2.20. The van der Waals surface area contributed by atoms with Crippen LogP contribution in [0.5, 0.6) is 0 Å². The molecule has 0 aromatic carbocycles. The first-order chi connectivity index (χ1) is 8.49. The maximum Gasteiger partial charge on any atom is 0.217 e. The predicted octanol–water partition coefficient (Wildman–Crippen LogP) is 1.46. The third-order valence-electron chi connectivity index (χ3n) is 2.98. The molecule has 96 valence electrons. The van der Waals surface area contributed by atoms with Crippen molar-refractivity contribution in [2.45, 2.75) is 27.3 Å². The molecule has 18 heavy (non-hydrogen) atoms. The van der Waals surface area contributed by atoms with Gasteiger partial charge in [-0.15, -0.1) is 0 Å². The third kappa shape index (κ3) is 2.30. The smallest absolute Gasteiger partial charge is 0.217 e. The van der Waals surface area contributed by atoms with Gasteiger partial charge in [0, 0.05) is 31.4 Å². The highest BCUT2D eigenvalue weighted by Crippen LogP contribution is 2.15. The van der Waals surface area contributed by atoms with Crippen molar-refractivity contribution in [2.75, 3.05) is 0 Å². The zero-order valence-electron chi connectivity index (χ0n) is 11.2. The van der Waals surface area contributed by atoms with Crippen LogP contribution in [0.2, 0.25) is 0 Å². The van der Waals surface area contributed by atoms with Crippen molar-refractivity contribution in [1.29, 1.82) is 0 Å². The molecule has 2 aromatic rings. The molecular weight excluding hydrogens is 228 g/mol. The maximum absolute atomic E-state index is 10.9. The van der Waals surface area contributed by atoms with Gasteiger partial charge in [0.2, 0.25) is 5.91 Å². The molecule has 0 aliphatic rings. The fourth-order valence-electron chi connectivity index (χ4n) is 2.01. The van der Waals surface area contributed by atoms with Gasteiger partial charge in [0.05, 0.1) is 12.2 Å². The van der Waals surface area contributed by atoms with Gasteiger partial charge in [0.1, 0.15) is 0 Å². The number of rotatable bonds is 3. The Balaban J connectivity index is 2.31. The van der Waals surface area contributed by atoms with Crippen molar-refractivity contribution in [3.05, 3.63) is 35.3 Å². The molecule has 0 bridgehead atoms. The monoisotopic (exact) mass is 246 g/mol. The second-order valence-corrected chi connectivity index (χ2v) is 4.48. The van der Waals surface area contributed by atoms with Crippen molar-refractivity contribution in [3.63, 3.8) is 0 Å². The molecule has 1 N–H and O–H groups in total. The summed E-state index contributed by atoms with van der Waals surface area (Å²) in [6.07, 6.45) is 0. The lowest BCUT2D eigenvalue weighted by atomic mass is 10.4. The van der Waals surface area contributed by atoms with E-state index < -0.39 is 0 Å². The lowest BCUT2D eigenvalue weighted by molar-refractivity contribution is -0.119. The standard InChI is InChI=1S/C13H18N4O/c1-9-5-6-10(2)17(9)13-7-12(16(4)15-13)8-14-11(3)18/h5-7H,8H2,1-4H3,(H,14,18). The van der Waals surface area contributed by atoms with E-state index in [1.165, 1.54) is 6.92 Å². The van der Waals surface area contributed by atoms with Crippen LogP contribution in [0.3, 0.4) is 0 Å². The van der Waals surface area contributed by atoms with Gasteiger partial charge in [0.15, 0.2) is 5.82 Å². The molecule has 0 aliphatic heterocycles. The summed E-state index contributed by atoms with van der Waals surface area (Å²) >= 11 is 0. The van der Waals surface area contributed by atoms with Crippen LogP contribution in [-0.4, -0.2) is 20.3 Å². The van der Waals surface area contributed by atoms with Crippen LogP contribution in [0.25, 0.3) is 5.82 Å². The van der Waals surface area contributed by atoms with Gasteiger partial charge in [-0.2, -0.15) is 5.10 Å². The number of hydrogen-bond donors (Lipinski definition) is 1. The van der Waals surface area contributed by atoms with E-state index >= 15 is 0 Å². The lowest BCUT2D eigenvalue weighted by Gasteiger charge is -2.03. The predicted molar refractivity (Wildman–Crippen MR) is 69.5 cm³/mol. The Hall–Kier alpha value is -2.04. The molecule has 0 spiro atoms. The molecule has 1 amide bonds. The van der Waals surface area contributed by atoms with E-state index in [1.54, 1.807) is 4.68 Å². The zero-order valence-corrected chi connectivity index (χ0v) is 11.2. The highest BCUT2D eigenvalue weighted by molar-refractivity contribution is 5.72. The SMILES string of the molecule is CC(=O)NCc1cc(-n2c(C)ccc2C)nn1C. The highest BCUT2D eigenvalue weighted by atomic mass is 16.1. The quantitative estimate of drug-likeness (QED) is 0.891. The van der Waals surface area contributed by atoms with Gasteiger partial charge in [-0.25, -0.2) is 0 Å². The highest BCUT2D eigenvalue weighted by Gasteiger charge is 2.10. The van der Waals surface area contributed by atoms with Gasteiger partial charge in [-0.1, -0.05) is 0 Å². The van der Waals surface area contributed by atoms with E-state index in [9.17, 15) is 4.79 Å². The van der Waals surface area contributed by atoms with Crippen molar-refractivity contribution < 1.29 is 4.79 Å². The molecule has 0 unspecified atom stereocenters. The second kappa shape index (κ2) is 4.68. The Morgan fingerprint density at radius 1 is 1.33 bits per heavy atom. The van der Waals surface area contributed by atoms with E-state index in [2.05, 4.69) is 41.0 Å². The minimum atomic E-state index is -0.0360. The fraction of sp³-hybridized carbons (Fsp3) is 0.385. The minimum Gasteiger partial charge on any atom is -0.351 e. The molecular formula is C13H18N4O. The van der Waals surface area contributed by atoms with Crippen molar-refractivity contribution in [1.82, 2.24) is 19.7 Å². The van der Waals surface area contributed by atoms with Crippen LogP contribution in [0, 0.1) is 13.8 Å². The summed E-state index contributed by atoms with van der Waals surface area (Å²) in [4.78, 5) is 10.9. The minimum absolute atomic E-state index is 0.0360. The van der Waals surface area contributed by atoms with Gasteiger partial charge in [-0.05, 0) is 26.0 Å². The number of hydrogen-bond acceptors (Lipinski definition) is 2. The Kier molecular flexibility index (Phi) is 3.23. The van der Waals surface area contributed by atoms with Crippen LogP contribution in [0.1, 0.15) is 24.0 Å². The molecule has 0 radical (unpaired) electrons. The van der Waals surface area contributed by atoms with E-state index in [0.717, 1.165) is 22.9 Å². The van der Waals surface area contributed by atoms with Crippen molar-refractivity contribution in [3.8, 4) is 5.82 Å². The maximum atomic E-state index is 10.9. The summed E-state index contributed by atoms with van der Waals surface area (Å²) in [6, 6.07) is 6.13. The number of carbonyl (C=O) groups excluding carboxylic acids is 1. The van der Waals surface area contributed by atoms with E-state index in [0.29, 0.717) is 6.54 Å². The molecule has 5 nitrogen and oxygen atoms in total. The fourth-order valence-corrected chi connectivity index (χ4v) is 2.01. The number of amides is 1. The molecule has 5 heteroatoms. The number of aryl methyl sites for hydroxylation is 3. The summed E-state index contributed by atoms with van der Waals surface area (Å²) in [5, 5.41) is 7.26. The van der Waals surface area contributed by atoms with Crippen molar-refractivity contribution in [2.24, 2.45) is 7.05 Å². The molecule has 2 aromatic heterocycles. The molecule has 2 heterocycles. The number of nitrogens with zero attached hydrogens (tertiary/aromatic N) is 3. The largest absolute Gasteiger partial charge is 0.351 e. The molecule has 2 rings (SSSR count). The average molecular weight is 246 g/mol. The average Bonchev–Trinajstić information content (AvgIpc) is 2.80. The van der Waals surface area contributed by atoms with Crippen LogP contribution in [0.4, 0.5) is 0 Å². The van der Waals surface area contributed by atoms with Crippen LogP contribution >= 0.6 is 0 Å². The van der Waals surface area contributed by atoms with Crippen LogP contribution in [-0.2, 0) is 18.4 Å². The Morgan fingerprint density at radius 2 is 1.94 bits per heavy atom. The first-order valence-electron chi connectivity index (χ1n) is 5.91. The molecule has 0 atom stereocenters. The van der Waals surface area contributed by atoms with Gasteiger partial charge in [-0.3, -0.25) is 9.48 Å². The first kappa shape index (κ1) is 12.4. The number of carbonyl (C=O) groups is 1. The van der Waals surface area contributed by atoms with Crippen LogP contribution in [0.15, 0.2) is 18.2 Å². The third-order valence-corrected chi connectivity index (χ3v) is 2.98. The molecule has 0 fully saturated rings. The Labute approximate surface area is 106 Å². The normalized spacial score (nSPS) is 10.7. The second-order valence-electron chi connectivity index (χ2n) is 4.48. The summed E-state index contributed by atoms with van der Waals surface area (Å²) in [5.74, 6) is 0.851. The number of nitrogens with one attached hydrogen (secondary N) is 1. The van der Waals surface area contributed by atoms with Crippen molar-refractivity contribution >= 4 is 5.91 Å². The van der Waals surface area contributed by atoms with Gasteiger partial charge >= 0.3 is 0 Å². The molecule has 0 saturated carbocycles. The summed E-state index contributed by atoms with van der Waals surface area (Å²) in [5.41, 5.74) is 3.28. The van der Waals surface area contributed by atoms with Gasteiger partial charge < -0.3 is 9.88 Å². The van der Waals surface area contributed by atoms with E-state index in [-0.39, 0.29) is 5.91 Å². The Morgan fingerprint density at radius 3 is 2.50 bits per heavy atom. The van der Waals surface area contributed by atoms with E-state index in [4.69, 9.17) is 0 Å². The summed E-state index contributed by atoms with van der Waals surface area (Å²) < 4.78 is 3.89. The molecule has 0 saturated heterocycles. The first-order valence-corrected chi connectivity index (χ1v) is 5.91. The topological polar surface area (TPSA) is 51.9 Å². The number of aromatic nitrogens is 3. The molecule has 0 aliphatic carbocycles. The summed E-state index contributed by atoms with van der Waals surface area (Å²) in [7, 11) is 1.88.